The third-order valence-electron chi connectivity index (χ3n) is 2.84. The minimum Gasteiger partial charge on any atom is -0.495 e. The average Bonchev–Trinajstić information content (AvgIpc) is 2.83. The van der Waals surface area contributed by atoms with Crippen LogP contribution in [0.5, 0.6) is 5.75 Å². The molecule has 0 aliphatic carbocycles. The summed E-state index contributed by atoms with van der Waals surface area (Å²) >= 11 is 7.78. The van der Waals surface area contributed by atoms with Crippen molar-refractivity contribution in [2.24, 2.45) is 0 Å². The highest BCUT2D eigenvalue weighted by molar-refractivity contribution is 7.09. The van der Waals surface area contributed by atoms with E-state index in [0.717, 1.165) is 22.8 Å². The Morgan fingerprint density at radius 3 is 2.84 bits per heavy atom. The van der Waals surface area contributed by atoms with Crippen LogP contribution in [0.15, 0.2) is 23.6 Å². The summed E-state index contributed by atoms with van der Waals surface area (Å²) in [4.78, 5) is 4.48. The normalized spacial score (nSPS) is 12.4. The molecule has 1 heterocycles. The van der Waals surface area contributed by atoms with Crippen LogP contribution in [-0.2, 0) is 6.54 Å². The minimum atomic E-state index is 0.236. The number of methoxy groups -OCH3 is 1. The van der Waals surface area contributed by atoms with Gasteiger partial charge in [-0.15, -0.1) is 11.3 Å². The van der Waals surface area contributed by atoms with Crippen molar-refractivity contribution in [2.75, 3.05) is 7.11 Å². The molecule has 2 aromatic rings. The molecule has 1 aromatic carbocycles. The van der Waals surface area contributed by atoms with Crippen LogP contribution in [0.4, 0.5) is 0 Å². The van der Waals surface area contributed by atoms with Crippen molar-refractivity contribution in [1.29, 1.82) is 0 Å². The second-order valence-electron chi connectivity index (χ2n) is 4.40. The number of nitrogens with zero attached hydrogens (tertiary/aromatic N) is 1. The predicted molar refractivity (Wildman–Crippen MR) is 80.1 cm³/mol. The first-order valence-corrected chi connectivity index (χ1v) is 7.33. The third kappa shape index (κ3) is 3.69. The number of hydrogen-bond donors (Lipinski definition) is 1. The number of nitrogens with one attached hydrogen (secondary N) is 1. The smallest absolute Gasteiger partial charge is 0.137 e. The van der Waals surface area contributed by atoms with Crippen LogP contribution in [0.2, 0.25) is 5.02 Å². The van der Waals surface area contributed by atoms with Crippen LogP contribution in [0, 0.1) is 6.92 Å². The van der Waals surface area contributed by atoms with Crippen LogP contribution in [-0.4, -0.2) is 12.1 Å². The summed E-state index contributed by atoms with van der Waals surface area (Å²) in [6, 6.07) is 6.06. The second kappa shape index (κ2) is 6.37. The number of ether oxygens (including phenoxy) is 1. The van der Waals surface area contributed by atoms with Gasteiger partial charge in [0.05, 0.1) is 18.2 Å². The van der Waals surface area contributed by atoms with Crippen LogP contribution >= 0.6 is 22.9 Å². The molecule has 0 spiro atoms. The predicted octanol–water partition coefficient (Wildman–Crippen LogP) is 3.96. The minimum absolute atomic E-state index is 0.236. The van der Waals surface area contributed by atoms with Gasteiger partial charge in [-0.2, -0.15) is 0 Å². The molecule has 0 saturated carbocycles. The van der Waals surface area contributed by atoms with Crippen LogP contribution in [0.3, 0.4) is 0 Å². The molecule has 0 fully saturated rings. The molecule has 1 N–H and O–H groups in total. The number of aryl methyl sites for hydroxylation is 1. The van der Waals surface area contributed by atoms with Gasteiger partial charge >= 0.3 is 0 Å². The number of rotatable bonds is 5. The molecule has 102 valence electrons. The molecule has 0 aliphatic heterocycles. The fourth-order valence-corrected chi connectivity index (χ4v) is 2.86. The lowest BCUT2D eigenvalue weighted by Crippen LogP contribution is -2.17. The monoisotopic (exact) mass is 296 g/mol. The Labute approximate surface area is 122 Å². The lowest BCUT2D eigenvalue weighted by molar-refractivity contribution is 0.414. The van der Waals surface area contributed by atoms with Gasteiger partial charge in [-0.05, 0) is 31.5 Å². The highest BCUT2D eigenvalue weighted by Gasteiger charge is 2.09. The quantitative estimate of drug-likeness (QED) is 0.907. The lowest BCUT2D eigenvalue weighted by atomic mass is 10.2. The number of thiazole rings is 1. The third-order valence-corrected chi connectivity index (χ3v) is 4.28. The summed E-state index contributed by atoms with van der Waals surface area (Å²) in [6.45, 7) is 4.88. The van der Waals surface area contributed by atoms with Crippen LogP contribution in [0.1, 0.15) is 29.2 Å². The first kappa shape index (κ1) is 14.3. The molecule has 1 unspecified atom stereocenters. The molecule has 3 nitrogen and oxygen atoms in total. The standard InChI is InChI=1S/C14H17ClN2OS/c1-9-8-19-14(17-9)10(2)16-7-11-4-5-13(18-3)12(15)6-11/h4-6,8,10,16H,7H2,1-3H3. The summed E-state index contributed by atoms with van der Waals surface area (Å²) in [5.41, 5.74) is 2.20. The number of benzene rings is 1. The number of halogens is 1. The van der Waals surface area contributed by atoms with E-state index in [-0.39, 0.29) is 6.04 Å². The molecule has 0 amide bonds. The maximum absolute atomic E-state index is 6.10. The molecular formula is C14H17ClN2OS. The van der Waals surface area contributed by atoms with Crippen molar-refractivity contribution in [3.63, 3.8) is 0 Å². The van der Waals surface area contributed by atoms with Gasteiger partial charge < -0.3 is 10.1 Å². The molecule has 1 atom stereocenters. The Balaban J connectivity index is 1.97. The maximum Gasteiger partial charge on any atom is 0.137 e. The Morgan fingerprint density at radius 2 is 2.26 bits per heavy atom. The molecule has 2 rings (SSSR count). The number of hydrogen-bond acceptors (Lipinski definition) is 4. The zero-order valence-corrected chi connectivity index (χ0v) is 12.8. The molecule has 0 aliphatic rings. The molecule has 1 aromatic heterocycles. The molecule has 0 bridgehead atoms. The molecule has 5 heteroatoms. The molecule has 0 radical (unpaired) electrons. The number of aromatic nitrogens is 1. The van der Waals surface area contributed by atoms with Gasteiger partial charge in [-0.25, -0.2) is 4.98 Å². The molecule has 19 heavy (non-hydrogen) atoms. The molecule has 0 saturated heterocycles. The van der Waals surface area contributed by atoms with Crippen LogP contribution in [0.25, 0.3) is 0 Å². The molecular weight excluding hydrogens is 280 g/mol. The van der Waals surface area contributed by atoms with E-state index in [1.807, 2.05) is 25.1 Å². The highest BCUT2D eigenvalue weighted by atomic mass is 35.5. The van der Waals surface area contributed by atoms with E-state index < -0.39 is 0 Å². The van der Waals surface area contributed by atoms with Crippen LogP contribution < -0.4 is 10.1 Å². The summed E-state index contributed by atoms with van der Waals surface area (Å²) in [5, 5.41) is 7.26. The lowest BCUT2D eigenvalue weighted by Gasteiger charge is -2.12. The summed E-state index contributed by atoms with van der Waals surface area (Å²) in [7, 11) is 1.62. The van der Waals surface area contributed by atoms with Gasteiger partial charge in [0.2, 0.25) is 0 Å². The van der Waals surface area contributed by atoms with Gasteiger partial charge in [-0.3, -0.25) is 0 Å². The summed E-state index contributed by atoms with van der Waals surface area (Å²) in [5.74, 6) is 0.703. The first-order valence-electron chi connectivity index (χ1n) is 6.08. The highest BCUT2D eigenvalue weighted by Crippen LogP contribution is 2.25. The van der Waals surface area contributed by atoms with Crippen molar-refractivity contribution in [2.45, 2.75) is 26.4 Å². The van der Waals surface area contributed by atoms with E-state index in [2.05, 4.69) is 22.6 Å². The Morgan fingerprint density at radius 1 is 1.47 bits per heavy atom. The second-order valence-corrected chi connectivity index (χ2v) is 5.70. The van der Waals surface area contributed by atoms with Gasteiger partial charge in [0, 0.05) is 17.6 Å². The van der Waals surface area contributed by atoms with Gasteiger partial charge in [-0.1, -0.05) is 17.7 Å². The largest absolute Gasteiger partial charge is 0.495 e. The van der Waals surface area contributed by atoms with Gasteiger partial charge in [0.15, 0.2) is 0 Å². The van der Waals surface area contributed by atoms with E-state index >= 15 is 0 Å². The van der Waals surface area contributed by atoms with Crippen molar-refractivity contribution in [3.05, 3.63) is 44.9 Å². The van der Waals surface area contributed by atoms with E-state index in [0.29, 0.717) is 10.8 Å². The van der Waals surface area contributed by atoms with Crippen molar-refractivity contribution in [1.82, 2.24) is 10.3 Å². The summed E-state index contributed by atoms with van der Waals surface area (Å²) in [6.07, 6.45) is 0. The van der Waals surface area contributed by atoms with E-state index in [1.54, 1.807) is 18.4 Å². The maximum atomic E-state index is 6.10. The fraction of sp³-hybridized carbons (Fsp3) is 0.357. The van der Waals surface area contributed by atoms with Crippen molar-refractivity contribution >= 4 is 22.9 Å². The summed E-state index contributed by atoms with van der Waals surface area (Å²) < 4.78 is 5.14. The zero-order valence-electron chi connectivity index (χ0n) is 11.2. The SMILES string of the molecule is COc1ccc(CNC(C)c2nc(C)cs2)cc1Cl. The Hall–Kier alpha value is -1.10. The van der Waals surface area contributed by atoms with Gasteiger partial charge in [0.1, 0.15) is 10.8 Å². The van der Waals surface area contributed by atoms with E-state index in [1.165, 1.54) is 0 Å². The fourth-order valence-electron chi connectivity index (χ4n) is 1.75. The van der Waals surface area contributed by atoms with Crippen molar-refractivity contribution < 1.29 is 4.74 Å². The Bertz CT molecular complexity index is 556. The van der Waals surface area contributed by atoms with E-state index in [9.17, 15) is 0 Å². The topological polar surface area (TPSA) is 34.1 Å². The zero-order chi connectivity index (χ0) is 13.8. The van der Waals surface area contributed by atoms with Crippen molar-refractivity contribution in [3.8, 4) is 5.75 Å². The van der Waals surface area contributed by atoms with Gasteiger partial charge in [0.25, 0.3) is 0 Å². The first-order chi connectivity index (χ1) is 9.10. The van der Waals surface area contributed by atoms with E-state index in [4.69, 9.17) is 16.3 Å². The Kier molecular flexibility index (Phi) is 4.80. The average molecular weight is 297 g/mol.